The van der Waals surface area contributed by atoms with Gasteiger partial charge >= 0.3 is 12.1 Å². The zero-order valence-corrected chi connectivity index (χ0v) is 9.65. The largest absolute Gasteiger partial charge is 0.471 e. The van der Waals surface area contributed by atoms with E-state index < -0.39 is 12.1 Å². The number of nitrogens with zero attached hydrogens (tertiary/aromatic N) is 1. The van der Waals surface area contributed by atoms with Crippen molar-refractivity contribution >= 4 is 5.91 Å². The minimum Gasteiger partial charge on any atom is -0.347 e. The first-order valence-electron chi connectivity index (χ1n) is 5.99. The topological polar surface area (TPSA) is 32.3 Å². The van der Waals surface area contributed by atoms with Gasteiger partial charge in [0, 0.05) is 13.1 Å². The van der Waals surface area contributed by atoms with E-state index in [9.17, 15) is 18.0 Å². The van der Waals surface area contributed by atoms with Crippen LogP contribution in [0.2, 0.25) is 0 Å². The Kier molecular flexibility index (Phi) is 3.34. The smallest absolute Gasteiger partial charge is 0.347 e. The molecule has 0 radical (unpaired) electrons. The van der Waals surface area contributed by atoms with Gasteiger partial charge in [-0.3, -0.25) is 4.79 Å². The van der Waals surface area contributed by atoms with E-state index in [1.807, 2.05) is 5.32 Å². The quantitative estimate of drug-likeness (QED) is 0.824. The fraction of sp³-hybridized carbons (Fsp3) is 0.909. The van der Waals surface area contributed by atoms with Crippen LogP contribution in [0.15, 0.2) is 0 Å². The zero-order chi connectivity index (χ0) is 12.5. The third-order valence-corrected chi connectivity index (χ3v) is 3.84. The van der Waals surface area contributed by atoms with Crippen LogP contribution < -0.4 is 5.32 Å². The number of carbonyl (C=O) groups is 1. The normalized spacial score (nSPS) is 23.7. The molecule has 0 aromatic rings. The van der Waals surface area contributed by atoms with Crippen LogP contribution in [0.5, 0.6) is 0 Å². The molecule has 6 heteroatoms. The van der Waals surface area contributed by atoms with Crippen LogP contribution in [-0.4, -0.2) is 43.2 Å². The minimum atomic E-state index is -4.76. The summed E-state index contributed by atoms with van der Waals surface area (Å²) in [6.45, 7) is 2.48. The van der Waals surface area contributed by atoms with Crippen molar-refractivity contribution in [1.29, 1.82) is 0 Å². The van der Waals surface area contributed by atoms with Gasteiger partial charge in [0.05, 0.1) is 0 Å². The zero-order valence-electron chi connectivity index (χ0n) is 9.65. The van der Waals surface area contributed by atoms with E-state index in [-0.39, 0.29) is 6.54 Å². The van der Waals surface area contributed by atoms with Gasteiger partial charge in [-0.1, -0.05) is 0 Å². The van der Waals surface area contributed by atoms with Crippen LogP contribution in [0.1, 0.15) is 25.7 Å². The monoisotopic (exact) mass is 250 g/mol. The molecule has 17 heavy (non-hydrogen) atoms. The molecule has 1 aliphatic heterocycles. The highest BCUT2D eigenvalue weighted by atomic mass is 19.4. The molecule has 1 saturated carbocycles. The molecule has 1 saturated heterocycles. The van der Waals surface area contributed by atoms with Crippen LogP contribution in [-0.2, 0) is 4.79 Å². The molecule has 3 nitrogen and oxygen atoms in total. The second-order valence-corrected chi connectivity index (χ2v) is 5.10. The fourth-order valence-electron chi connectivity index (χ4n) is 2.36. The van der Waals surface area contributed by atoms with Crippen LogP contribution in [0.3, 0.4) is 0 Å². The van der Waals surface area contributed by atoms with Crippen LogP contribution in [0.25, 0.3) is 0 Å². The number of nitrogens with one attached hydrogen (secondary N) is 1. The number of halogens is 3. The number of amides is 1. The van der Waals surface area contributed by atoms with Crippen LogP contribution in [0, 0.1) is 5.41 Å². The summed E-state index contributed by atoms with van der Waals surface area (Å²) < 4.78 is 35.7. The lowest BCUT2D eigenvalue weighted by atomic mass is 9.94. The molecular weight excluding hydrogens is 233 g/mol. The summed E-state index contributed by atoms with van der Waals surface area (Å²) in [6, 6.07) is 0. The van der Waals surface area contributed by atoms with E-state index in [1.165, 1.54) is 12.8 Å². The predicted octanol–water partition coefficient (Wildman–Crippen LogP) is 1.54. The first-order chi connectivity index (χ1) is 7.91. The van der Waals surface area contributed by atoms with Gasteiger partial charge in [-0.05, 0) is 44.2 Å². The SMILES string of the molecule is O=C(NCCN1CCC2(CC1)CC2)C(F)(F)F. The maximum absolute atomic E-state index is 11.9. The van der Waals surface area contributed by atoms with Crippen molar-refractivity contribution in [1.82, 2.24) is 10.2 Å². The standard InChI is InChI=1S/C11H17F3N2O/c12-11(13,14)9(17)15-5-8-16-6-3-10(1-2-10)4-7-16/h1-8H2,(H,15,17). The molecule has 2 rings (SSSR count). The number of likely N-dealkylation sites (tertiary alicyclic amines) is 1. The molecule has 1 spiro atoms. The Bertz CT molecular complexity index is 290. The minimum absolute atomic E-state index is 0.0747. The summed E-state index contributed by atoms with van der Waals surface area (Å²) in [7, 11) is 0. The van der Waals surface area contributed by atoms with Crippen LogP contribution >= 0.6 is 0 Å². The molecule has 0 atom stereocenters. The van der Waals surface area contributed by atoms with Crippen molar-refractivity contribution in [3.63, 3.8) is 0 Å². The Hall–Kier alpha value is -0.780. The van der Waals surface area contributed by atoms with Crippen LogP contribution in [0.4, 0.5) is 13.2 Å². The molecule has 1 N–H and O–H groups in total. The summed E-state index contributed by atoms with van der Waals surface area (Å²) in [4.78, 5) is 12.7. The van der Waals surface area contributed by atoms with Gasteiger partial charge in [0.15, 0.2) is 0 Å². The lowest BCUT2D eigenvalue weighted by Crippen LogP contribution is -2.43. The third kappa shape index (κ3) is 3.34. The van der Waals surface area contributed by atoms with Crippen molar-refractivity contribution in [2.45, 2.75) is 31.9 Å². The maximum Gasteiger partial charge on any atom is 0.471 e. The molecular formula is C11H17F3N2O. The fourth-order valence-corrected chi connectivity index (χ4v) is 2.36. The number of carbonyl (C=O) groups excluding carboxylic acids is 1. The molecule has 1 aliphatic carbocycles. The van der Waals surface area contributed by atoms with E-state index in [0.29, 0.717) is 12.0 Å². The summed E-state index contributed by atoms with van der Waals surface area (Å²) >= 11 is 0. The molecule has 0 bridgehead atoms. The third-order valence-electron chi connectivity index (χ3n) is 3.84. The van der Waals surface area contributed by atoms with Gasteiger partial charge in [-0.15, -0.1) is 0 Å². The second-order valence-electron chi connectivity index (χ2n) is 5.10. The van der Waals surface area contributed by atoms with Crippen molar-refractivity contribution in [2.75, 3.05) is 26.2 Å². The number of alkyl halides is 3. The van der Waals surface area contributed by atoms with Gasteiger partial charge < -0.3 is 10.2 Å². The number of rotatable bonds is 3. The summed E-state index contributed by atoms with van der Waals surface area (Å²) in [5.74, 6) is -1.84. The number of hydrogen-bond donors (Lipinski definition) is 1. The average molecular weight is 250 g/mol. The van der Waals surface area contributed by atoms with Gasteiger partial charge in [0.25, 0.3) is 0 Å². The molecule has 0 unspecified atom stereocenters. The van der Waals surface area contributed by atoms with Crippen molar-refractivity contribution < 1.29 is 18.0 Å². The van der Waals surface area contributed by atoms with Crippen molar-refractivity contribution in [3.05, 3.63) is 0 Å². The van der Waals surface area contributed by atoms with Crippen molar-refractivity contribution in [3.8, 4) is 0 Å². The molecule has 1 amide bonds. The average Bonchev–Trinajstić information content (AvgIpc) is 3.00. The molecule has 2 fully saturated rings. The van der Waals surface area contributed by atoms with Gasteiger partial charge in [-0.25, -0.2) is 0 Å². The van der Waals surface area contributed by atoms with Gasteiger partial charge in [0.1, 0.15) is 0 Å². The number of hydrogen-bond acceptors (Lipinski definition) is 2. The Labute approximate surface area is 98.3 Å². The van der Waals surface area contributed by atoms with Gasteiger partial charge in [0.2, 0.25) is 0 Å². The summed E-state index contributed by atoms with van der Waals surface area (Å²) in [6.07, 6.45) is 0.164. The Morgan fingerprint density at radius 2 is 1.76 bits per heavy atom. The van der Waals surface area contributed by atoms with Gasteiger partial charge in [-0.2, -0.15) is 13.2 Å². The first-order valence-corrected chi connectivity index (χ1v) is 5.99. The molecule has 98 valence electrons. The lowest BCUT2D eigenvalue weighted by Gasteiger charge is -2.32. The second kappa shape index (κ2) is 4.48. The Morgan fingerprint density at radius 1 is 1.18 bits per heavy atom. The first kappa shape index (κ1) is 12.7. The molecule has 1 heterocycles. The predicted molar refractivity (Wildman–Crippen MR) is 56.4 cm³/mol. The highest BCUT2D eigenvalue weighted by molar-refractivity contribution is 5.81. The van der Waals surface area contributed by atoms with Crippen molar-refractivity contribution in [2.24, 2.45) is 5.41 Å². The van der Waals surface area contributed by atoms with E-state index >= 15 is 0 Å². The van der Waals surface area contributed by atoms with E-state index in [4.69, 9.17) is 0 Å². The maximum atomic E-state index is 11.9. The highest BCUT2D eigenvalue weighted by Crippen LogP contribution is 2.53. The lowest BCUT2D eigenvalue weighted by molar-refractivity contribution is -0.173. The molecule has 0 aromatic carbocycles. The molecule has 2 aliphatic rings. The summed E-state index contributed by atoms with van der Waals surface area (Å²) in [5.41, 5.74) is 0.575. The highest BCUT2D eigenvalue weighted by Gasteiger charge is 2.44. The van der Waals surface area contributed by atoms with E-state index in [0.717, 1.165) is 25.9 Å². The van der Waals surface area contributed by atoms with E-state index in [2.05, 4.69) is 4.90 Å². The van der Waals surface area contributed by atoms with E-state index in [1.54, 1.807) is 0 Å². The summed E-state index contributed by atoms with van der Waals surface area (Å²) in [5, 5.41) is 1.90. The Balaban J connectivity index is 1.61. The Morgan fingerprint density at radius 3 is 2.24 bits per heavy atom. The molecule has 0 aromatic heterocycles. The number of piperidine rings is 1.